The highest BCUT2D eigenvalue weighted by atomic mass is 32.2. The Labute approximate surface area is 175 Å². The minimum absolute atomic E-state index is 0.0276. The van der Waals surface area contributed by atoms with E-state index >= 15 is 0 Å². The molecule has 3 atom stereocenters. The maximum absolute atomic E-state index is 5.29. The number of hydrogen-bond acceptors (Lipinski definition) is 5. The lowest BCUT2D eigenvalue weighted by molar-refractivity contribution is 0.255. The van der Waals surface area contributed by atoms with Crippen molar-refractivity contribution in [2.45, 2.75) is 31.5 Å². The highest BCUT2D eigenvalue weighted by Gasteiger charge is 2.45. The van der Waals surface area contributed by atoms with Gasteiger partial charge in [-0.25, -0.2) is 0 Å². The van der Waals surface area contributed by atoms with Crippen molar-refractivity contribution in [3.8, 4) is 11.4 Å². The summed E-state index contributed by atoms with van der Waals surface area (Å²) in [5.74, 6) is 1.98. The summed E-state index contributed by atoms with van der Waals surface area (Å²) in [5.41, 5.74) is 3.43. The molecule has 3 aromatic rings. The second-order valence-corrected chi connectivity index (χ2v) is 8.37. The molecule has 0 spiro atoms. The summed E-state index contributed by atoms with van der Waals surface area (Å²) in [6.07, 6.45) is 7.35. The first-order chi connectivity index (χ1) is 14.3. The first-order valence-electron chi connectivity index (χ1n) is 10.0. The van der Waals surface area contributed by atoms with Crippen molar-refractivity contribution >= 4 is 16.9 Å². The molecule has 1 aromatic carbocycles. The number of amidine groups is 1. The number of pyridine rings is 1. The van der Waals surface area contributed by atoms with Crippen molar-refractivity contribution in [2.75, 3.05) is 12.9 Å². The fourth-order valence-electron chi connectivity index (χ4n) is 4.21. The van der Waals surface area contributed by atoms with E-state index in [4.69, 9.17) is 9.73 Å². The third kappa shape index (κ3) is 3.21. The molecule has 0 saturated carbocycles. The molecule has 0 N–H and O–H groups in total. The van der Waals surface area contributed by atoms with Gasteiger partial charge in [0.05, 0.1) is 18.8 Å². The quantitative estimate of drug-likeness (QED) is 0.609. The third-order valence-corrected chi connectivity index (χ3v) is 6.88. The van der Waals surface area contributed by atoms with Crippen LogP contribution in [0.3, 0.4) is 0 Å². The normalized spacial score (nSPS) is 23.2. The highest BCUT2D eigenvalue weighted by Crippen LogP contribution is 2.48. The molecule has 29 heavy (non-hydrogen) atoms. The van der Waals surface area contributed by atoms with Crippen LogP contribution in [0.4, 0.5) is 0 Å². The average Bonchev–Trinajstić information content (AvgIpc) is 3.49. The summed E-state index contributed by atoms with van der Waals surface area (Å²) in [5, 5.41) is 1.16. The Morgan fingerprint density at radius 1 is 1.14 bits per heavy atom. The number of aromatic nitrogens is 2. The van der Waals surface area contributed by atoms with E-state index < -0.39 is 0 Å². The summed E-state index contributed by atoms with van der Waals surface area (Å²) < 4.78 is 7.46. The van der Waals surface area contributed by atoms with Crippen molar-refractivity contribution in [1.29, 1.82) is 0 Å². The van der Waals surface area contributed by atoms with Gasteiger partial charge in [0.15, 0.2) is 5.17 Å². The van der Waals surface area contributed by atoms with Gasteiger partial charge in [0, 0.05) is 36.1 Å². The Morgan fingerprint density at radius 3 is 2.72 bits per heavy atom. The molecule has 148 valence electrons. The van der Waals surface area contributed by atoms with E-state index in [9.17, 15) is 0 Å². The largest absolute Gasteiger partial charge is 0.497 e. The number of fused-ring (bicyclic) bond motifs is 1. The minimum Gasteiger partial charge on any atom is -0.497 e. The van der Waals surface area contributed by atoms with Crippen LogP contribution in [0, 0.1) is 0 Å². The Hall–Kier alpha value is -2.73. The van der Waals surface area contributed by atoms with Crippen LogP contribution in [0.5, 0.6) is 5.75 Å². The van der Waals surface area contributed by atoms with Gasteiger partial charge in [-0.15, -0.1) is 0 Å². The summed E-state index contributed by atoms with van der Waals surface area (Å²) in [6, 6.07) is 17.2. The second-order valence-electron chi connectivity index (χ2n) is 7.39. The predicted octanol–water partition coefficient (Wildman–Crippen LogP) is 4.86. The topological polar surface area (TPSA) is 42.6 Å². The summed E-state index contributed by atoms with van der Waals surface area (Å²) in [4.78, 5) is 12.3. The van der Waals surface area contributed by atoms with Gasteiger partial charge < -0.3 is 14.2 Å². The first-order valence-corrected chi connectivity index (χ1v) is 11.0. The number of thioether (sulfide) groups is 1. The van der Waals surface area contributed by atoms with Crippen LogP contribution in [0.2, 0.25) is 0 Å². The average molecular weight is 405 g/mol. The van der Waals surface area contributed by atoms with Gasteiger partial charge in [-0.3, -0.25) is 9.98 Å². The number of nitrogens with zero attached hydrogens (tertiary/aromatic N) is 4. The Bertz CT molecular complexity index is 1010. The molecule has 2 aliphatic heterocycles. The zero-order valence-electron chi connectivity index (χ0n) is 16.6. The van der Waals surface area contributed by atoms with Crippen molar-refractivity contribution in [1.82, 2.24) is 14.5 Å². The zero-order chi connectivity index (χ0) is 19.8. The van der Waals surface area contributed by atoms with Crippen LogP contribution in [0.15, 0.2) is 72.1 Å². The van der Waals surface area contributed by atoms with Gasteiger partial charge in [0.2, 0.25) is 0 Å². The molecule has 0 radical (unpaired) electrons. The molecule has 0 aliphatic carbocycles. The van der Waals surface area contributed by atoms with Crippen LogP contribution in [0.25, 0.3) is 5.69 Å². The van der Waals surface area contributed by atoms with E-state index in [2.05, 4.69) is 64.1 Å². The van der Waals surface area contributed by atoms with Gasteiger partial charge in [-0.05, 0) is 54.4 Å². The number of hydrogen-bond donors (Lipinski definition) is 0. The molecular weight excluding hydrogens is 380 g/mol. The van der Waals surface area contributed by atoms with Crippen LogP contribution in [0.1, 0.15) is 36.7 Å². The Balaban J connectivity index is 1.52. The number of rotatable bonds is 5. The second kappa shape index (κ2) is 7.59. The number of benzene rings is 1. The zero-order valence-corrected chi connectivity index (χ0v) is 17.4. The summed E-state index contributed by atoms with van der Waals surface area (Å²) in [7, 11) is 1.69. The van der Waals surface area contributed by atoms with E-state index in [1.807, 2.05) is 36.2 Å². The SMILES string of the molecule is CC[C@H]1CSC2=N[C@@H](c3ccccn3)[C@@H](c3ccn(-c4ccc(OC)cc4)c3)N21. The molecule has 0 unspecified atom stereocenters. The lowest BCUT2D eigenvalue weighted by atomic mass is 9.97. The van der Waals surface area contributed by atoms with Crippen LogP contribution in [-0.4, -0.2) is 38.5 Å². The van der Waals surface area contributed by atoms with Crippen LogP contribution in [-0.2, 0) is 0 Å². The van der Waals surface area contributed by atoms with E-state index in [1.165, 1.54) is 5.56 Å². The molecule has 6 heteroatoms. The monoisotopic (exact) mass is 404 g/mol. The van der Waals surface area contributed by atoms with Crippen molar-refractivity contribution < 1.29 is 4.74 Å². The maximum Gasteiger partial charge on any atom is 0.160 e. The fraction of sp³-hybridized carbons (Fsp3) is 0.304. The molecule has 5 rings (SSSR count). The Kier molecular flexibility index (Phi) is 4.79. The standard InChI is InChI=1S/C23H24N4OS/c1-3-17-15-29-23-25-21(20-6-4-5-12-24-20)22(27(17)23)16-11-13-26(14-16)18-7-9-19(28-2)10-8-18/h4-14,17,21-22H,3,15H2,1-2H3/t17-,21-,22+/m0/s1. The molecular formula is C23H24N4OS. The number of aliphatic imine (C=N–C) groups is 1. The van der Waals surface area contributed by atoms with Gasteiger partial charge in [-0.2, -0.15) is 0 Å². The molecule has 5 nitrogen and oxygen atoms in total. The van der Waals surface area contributed by atoms with E-state index in [0.29, 0.717) is 6.04 Å². The van der Waals surface area contributed by atoms with Gasteiger partial charge in [0.1, 0.15) is 11.8 Å². The lowest BCUT2D eigenvalue weighted by Gasteiger charge is -2.31. The van der Waals surface area contributed by atoms with Crippen LogP contribution >= 0.6 is 11.8 Å². The van der Waals surface area contributed by atoms with E-state index in [1.54, 1.807) is 7.11 Å². The predicted molar refractivity (Wildman–Crippen MR) is 118 cm³/mol. The molecule has 1 fully saturated rings. The molecule has 0 bridgehead atoms. The van der Waals surface area contributed by atoms with Crippen molar-refractivity contribution in [3.63, 3.8) is 0 Å². The smallest absolute Gasteiger partial charge is 0.160 e. The summed E-state index contributed by atoms with van der Waals surface area (Å²) >= 11 is 1.88. The first kappa shape index (κ1) is 18.3. The van der Waals surface area contributed by atoms with Gasteiger partial charge in [0.25, 0.3) is 0 Å². The maximum atomic E-state index is 5.29. The number of methoxy groups -OCH3 is 1. The van der Waals surface area contributed by atoms with E-state index in [-0.39, 0.29) is 12.1 Å². The fourth-order valence-corrected chi connectivity index (χ4v) is 5.55. The molecule has 1 saturated heterocycles. The Morgan fingerprint density at radius 2 is 2.00 bits per heavy atom. The molecule has 4 heterocycles. The molecule has 2 aromatic heterocycles. The molecule has 0 amide bonds. The van der Waals surface area contributed by atoms with Crippen LogP contribution < -0.4 is 4.74 Å². The van der Waals surface area contributed by atoms with Gasteiger partial charge >= 0.3 is 0 Å². The minimum atomic E-state index is 0.0276. The van der Waals surface area contributed by atoms with Gasteiger partial charge in [-0.1, -0.05) is 24.8 Å². The highest BCUT2D eigenvalue weighted by molar-refractivity contribution is 8.14. The number of ether oxygens (including phenoxy) is 1. The van der Waals surface area contributed by atoms with E-state index in [0.717, 1.165) is 34.5 Å². The van der Waals surface area contributed by atoms with Crippen molar-refractivity contribution in [3.05, 3.63) is 78.4 Å². The van der Waals surface area contributed by atoms with Crippen molar-refractivity contribution in [2.24, 2.45) is 4.99 Å². The third-order valence-electron chi connectivity index (χ3n) is 5.76. The summed E-state index contributed by atoms with van der Waals surface area (Å²) in [6.45, 7) is 2.27. The lowest BCUT2D eigenvalue weighted by Crippen LogP contribution is -2.35. The molecule has 2 aliphatic rings.